The van der Waals surface area contributed by atoms with Crippen LogP contribution in [-0.2, 0) is 26.2 Å². The van der Waals surface area contributed by atoms with Gasteiger partial charge in [-0.25, -0.2) is 8.42 Å². The summed E-state index contributed by atoms with van der Waals surface area (Å²) in [7, 11) is -2.63. The second-order valence-corrected chi connectivity index (χ2v) is 12.7. The van der Waals surface area contributed by atoms with Gasteiger partial charge in [0.2, 0.25) is 11.8 Å². The first-order valence-electron chi connectivity index (χ1n) is 13.4. The van der Waals surface area contributed by atoms with Crippen molar-refractivity contribution in [2.75, 3.05) is 24.5 Å². The summed E-state index contributed by atoms with van der Waals surface area (Å²) < 4.78 is 34.3. The van der Waals surface area contributed by atoms with Gasteiger partial charge in [-0.15, -0.1) is 0 Å². The Morgan fingerprint density at radius 2 is 1.66 bits per heavy atom. The van der Waals surface area contributed by atoms with Crippen molar-refractivity contribution in [1.29, 1.82) is 0 Å². The fourth-order valence-electron chi connectivity index (χ4n) is 4.11. The molecule has 3 aromatic rings. The maximum Gasteiger partial charge on any atom is 0.264 e. The average Bonchev–Trinajstić information content (AvgIpc) is 2.94. The number of halogens is 1. The molecule has 2 amide bonds. The zero-order valence-corrected chi connectivity index (χ0v) is 25.9. The summed E-state index contributed by atoms with van der Waals surface area (Å²) in [6.07, 6.45) is 0. The topological polar surface area (TPSA) is 96.0 Å². The number of aryl methyl sites for hydroxylation is 2. The molecule has 0 spiro atoms. The van der Waals surface area contributed by atoms with Crippen LogP contribution in [-0.4, -0.2) is 51.4 Å². The Morgan fingerprint density at radius 3 is 2.27 bits per heavy atom. The van der Waals surface area contributed by atoms with Crippen molar-refractivity contribution in [2.45, 2.75) is 52.1 Å². The van der Waals surface area contributed by atoms with Crippen LogP contribution in [0.25, 0.3) is 0 Å². The van der Waals surface area contributed by atoms with E-state index in [2.05, 4.69) is 5.32 Å². The standard InChI is InChI=1S/C31H38ClN3O5S/c1-21(2)18-33-31(37)24(5)34(19-25-8-7-9-27(16-25)40-6)30(36)20-35(26-13-12-23(4)29(32)17-26)41(38,39)28-14-10-22(3)11-15-28/h7-17,21,24H,18-20H2,1-6H3,(H,33,37). The molecule has 3 aromatic carbocycles. The van der Waals surface area contributed by atoms with Crippen LogP contribution in [0.5, 0.6) is 5.75 Å². The normalized spacial score (nSPS) is 12.1. The van der Waals surface area contributed by atoms with Crippen molar-refractivity contribution in [3.63, 3.8) is 0 Å². The van der Waals surface area contributed by atoms with Crippen LogP contribution >= 0.6 is 11.6 Å². The van der Waals surface area contributed by atoms with E-state index in [1.54, 1.807) is 56.5 Å². The maximum atomic E-state index is 14.0. The number of sulfonamides is 1. The number of hydrogen-bond donors (Lipinski definition) is 1. The van der Waals surface area contributed by atoms with Crippen molar-refractivity contribution in [3.8, 4) is 5.75 Å². The van der Waals surface area contributed by atoms with Crippen LogP contribution in [0.2, 0.25) is 5.02 Å². The molecule has 41 heavy (non-hydrogen) atoms. The number of carbonyl (C=O) groups is 2. The molecule has 220 valence electrons. The number of carbonyl (C=O) groups excluding carboxylic acids is 2. The number of amides is 2. The molecular weight excluding hydrogens is 562 g/mol. The van der Waals surface area contributed by atoms with Crippen LogP contribution in [0.15, 0.2) is 71.6 Å². The summed E-state index contributed by atoms with van der Waals surface area (Å²) >= 11 is 6.38. The molecule has 3 rings (SSSR count). The van der Waals surface area contributed by atoms with E-state index >= 15 is 0 Å². The number of anilines is 1. The van der Waals surface area contributed by atoms with Crippen molar-refractivity contribution in [1.82, 2.24) is 10.2 Å². The first kappa shape index (κ1) is 32.0. The number of nitrogens with zero attached hydrogens (tertiary/aromatic N) is 2. The van der Waals surface area contributed by atoms with Gasteiger partial charge in [0.05, 0.1) is 17.7 Å². The molecule has 10 heteroatoms. The van der Waals surface area contributed by atoms with Gasteiger partial charge in [0.25, 0.3) is 10.0 Å². The molecule has 0 aromatic heterocycles. The first-order valence-corrected chi connectivity index (χ1v) is 15.2. The van der Waals surface area contributed by atoms with E-state index in [4.69, 9.17) is 16.3 Å². The van der Waals surface area contributed by atoms with E-state index in [0.29, 0.717) is 17.3 Å². The monoisotopic (exact) mass is 599 g/mol. The predicted octanol–water partition coefficient (Wildman–Crippen LogP) is 5.35. The van der Waals surface area contributed by atoms with E-state index in [0.717, 1.165) is 21.0 Å². The van der Waals surface area contributed by atoms with E-state index in [1.165, 1.54) is 23.1 Å². The fraction of sp³-hybridized carbons (Fsp3) is 0.355. The molecule has 1 N–H and O–H groups in total. The lowest BCUT2D eigenvalue weighted by molar-refractivity contribution is -0.139. The summed E-state index contributed by atoms with van der Waals surface area (Å²) in [5.74, 6) is -0.0616. The van der Waals surface area contributed by atoms with Gasteiger partial charge in [-0.2, -0.15) is 0 Å². The maximum absolute atomic E-state index is 14.0. The highest BCUT2D eigenvalue weighted by atomic mass is 35.5. The molecule has 0 bridgehead atoms. The summed E-state index contributed by atoms with van der Waals surface area (Å²) in [4.78, 5) is 28.6. The molecule has 0 saturated heterocycles. The largest absolute Gasteiger partial charge is 0.497 e. The highest BCUT2D eigenvalue weighted by molar-refractivity contribution is 7.92. The lowest BCUT2D eigenvalue weighted by Gasteiger charge is -2.32. The lowest BCUT2D eigenvalue weighted by atomic mass is 10.1. The number of rotatable bonds is 12. The highest BCUT2D eigenvalue weighted by Gasteiger charge is 2.32. The molecule has 0 heterocycles. The van der Waals surface area contributed by atoms with E-state index in [-0.39, 0.29) is 29.0 Å². The molecular formula is C31H38ClN3O5S. The number of benzene rings is 3. The van der Waals surface area contributed by atoms with Gasteiger partial charge in [-0.1, -0.05) is 61.3 Å². The van der Waals surface area contributed by atoms with Crippen LogP contribution in [0, 0.1) is 19.8 Å². The van der Waals surface area contributed by atoms with Crippen LogP contribution in [0.1, 0.15) is 37.5 Å². The van der Waals surface area contributed by atoms with Crippen LogP contribution < -0.4 is 14.4 Å². The van der Waals surface area contributed by atoms with Crippen molar-refractivity contribution >= 4 is 39.1 Å². The summed E-state index contributed by atoms with van der Waals surface area (Å²) in [5, 5.41) is 3.25. The Labute approximate surface area is 248 Å². The Balaban J connectivity index is 2.05. The molecule has 1 unspecified atom stereocenters. The Morgan fingerprint density at radius 1 is 0.976 bits per heavy atom. The number of ether oxygens (including phenoxy) is 1. The van der Waals surface area contributed by atoms with Gasteiger partial charge < -0.3 is 15.0 Å². The van der Waals surface area contributed by atoms with Gasteiger partial charge >= 0.3 is 0 Å². The molecule has 0 fully saturated rings. The number of nitrogens with one attached hydrogen (secondary N) is 1. The zero-order valence-electron chi connectivity index (χ0n) is 24.3. The molecule has 1 atom stereocenters. The first-order chi connectivity index (χ1) is 19.3. The highest BCUT2D eigenvalue weighted by Crippen LogP contribution is 2.29. The minimum absolute atomic E-state index is 0.0367. The number of hydrogen-bond acceptors (Lipinski definition) is 5. The SMILES string of the molecule is COc1cccc(CN(C(=O)CN(c2ccc(C)c(Cl)c2)S(=O)(=O)c2ccc(C)cc2)C(C)C(=O)NCC(C)C)c1. The van der Waals surface area contributed by atoms with Gasteiger partial charge in [0, 0.05) is 18.1 Å². The molecule has 0 aliphatic heterocycles. The van der Waals surface area contributed by atoms with Gasteiger partial charge in [0.15, 0.2) is 0 Å². The fourth-order valence-corrected chi connectivity index (χ4v) is 5.69. The average molecular weight is 600 g/mol. The second kappa shape index (κ2) is 13.9. The smallest absolute Gasteiger partial charge is 0.264 e. The summed E-state index contributed by atoms with van der Waals surface area (Å²) in [6.45, 7) is 9.23. The molecule has 8 nitrogen and oxygen atoms in total. The van der Waals surface area contributed by atoms with Crippen LogP contribution in [0.3, 0.4) is 0 Å². The summed E-state index contributed by atoms with van der Waals surface area (Å²) in [6, 6.07) is 17.6. The minimum Gasteiger partial charge on any atom is -0.497 e. The minimum atomic E-state index is -4.17. The molecule has 0 saturated carbocycles. The van der Waals surface area contributed by atoms with Gasteiger partial charge in [-0.05, 0) is 74.2 Å². The summed E-state index contributed by atoms with van der Waals surface area (Å²) in [5.41, 5.74) is 2.64. The Bertz CT molecular complexity index is 1480. The Kier molecular flexibility index (Phi) is 10.8. The predicted molar refractivity (Wildman–Crippen MR) is 163 cm³/mol. The lowest BCUT2D eigenvalue weighted by Crippen LogP contribution is -2.51. The molecule has 0 radical (unpaired) electrons. The Hall–Kier alpha value is -3.56. The third kappa shape index (κ3) is 8.24. The zero-order chi connectivity index (χ0) is 30.3. The molecule has 0 aliphatic carbocycles. The van der Waals surface area contributed by atoms with Gasteiger partial charge in [-0.3, -0.25) is 13.9 Å². The van der Waals surface area contributed by atoms with E-state index < -0.39 is 28.5 Å². The molecule has 0 aliphatic rings. The van der Waals surface area contributed by atoms with Crippen LogP contribution in [0.4, 0.5) is 5.69 Å². The number of methoxy groups -OCH3 is 1. The third-order valence-corrected chi connectivity index (χ3v) is 8.87. The van der Waals surface area contributed by atoms with E-state index in [1.807, 2.05) is 33.8 Å². The van der Waals surface area contributed by atoms with Gasteiger partial charge in [0.1, 0.15) is 18.3 Å². The third-order valence-electron chi connectivity index (χ3n) is 6.67. The quantitative estimate of drug-likeness (QED) is 0.303. The van der Waals surface area contributed by atoms with Crippen molar-refractivity contribution in [3.05, 3.63) is 88.4 Å². The van der Waals surface area contributed by atoms with E-state index in [9.17, 15) is 18.0 Å². The van der Waals surface area contributed by atoms with Crippen molar-refractivity contribution in [2.24, 2.45) is 5.92 Å². The van der Waals surface area contributed by atoms with Crippen molar-refractivity contribution < 1.29 is 22.7 Å². The second-order valence-electron chi connectivity index (χ2n) is 10.4.